The highest BCUT2D eigenvalue weighted by Gasteiger charge is 2.80. The smallest absolute Gasteiger partial charge is 0.376 e. The van der Waals surface area contributed by atoms with E-state index in [1.807, 2.05) is 0 Å². The highest BCUT2D eigenvalue weighted by atomic mass is 31.1. The number of amides is 1. The fraction of sp³-hybridized carbons (Fsp3) is 0.923. The van der Waals surface area contributed by atoms with Gasteiger partial charge in [-0.05, 0) is 19.3 Å². The third kappa shape index (κ3) is 10.3. The number of carbonyl (C=O) groups is 1. The molecule has 25 heteroatoms. The lowest BCUT2D eigenvalue weighted by Crippen LogP contribution is -2.66. The van der Waals surface area contributed by atoms with Gasteiger partial charge < -0.3 is 10.4 Å². The molecule has 0 aliphatic heterocycles. The maximum absolute atomic E-state index is 14.3. The molecule has 0 bridgehead atoms. The van der Waals surface area contributed by atoms with Crippen LogP contribution in [0.15, 0.2) is 0 Å². The van der Waals surface area contributed by atoms with Crippen molar-refractivity contribution in [2.45, 2.75) is 67.5 Å². The number of carbonyl (C=O) groups excluding carboxylic acids is 1. The standard InChI is InChI=1S/C13H17F12NO10P2/c14-7(15)31-10(17,12(21,22)23)13(24,25)32-9(16,11(18,19)20)6(27)26-5-3-1-2-4-8(28,37-35-33-29)38-36-34-30/h7,28-30,37-38H,1-5H2,(H,26,27). The summed E-state index contributed by atoms with van der Waals surface area (Å²) in [4.78, 5) is 11.6. The molecule has 228 valence electrons. The Labute approximate surface area is 206 Å². The van der Waals surface area contributed by atoms with Crippen LogP contribution in [0.4, 0.5) is 52.7 Å². The van der Waals surface area contributed by atoms with Gasteiger partial charge in [0.15, 0.2) is 5.08 Å². The number of rotatable bonds is 18. The first-order valence-electron chi connectivity index (χ1n) is 9.17. The highest BCUT2D eigenvalue weighted by Crippen LogP contribution is 2.52. The van der Waals surface area contributed by atoms with Crippen LogP contribution in [-0.2, 0) is 33.7 Å². The van der Waals surface area contributed by atoms with Gasteiger partial charge in [-0.2, -0.15) is 62.0 Å². The molecule has 0 aromatic heterocycles. The third-order valence-corrected chi connectivity index (χ3v) is 6.02. The molecule has 0 heterocycles. The van der Waals surface area contributed by atoms with Gasteiger partial charge in [0.1, 0.15) is 0 Å². The first-order valence-corrected chi connectivity index (χ1v) is 11.0. The molecule has 0 radical (unpaired) electrons. The fourth-order valence-corrected chi connectivity index (χ4v) is 3.52. The van der Waals surface area contributed by atoms with Crippen LogP contribution in [0.1, 0.15) is 25.7 Å². The van der Waals surface area contributed by atoms with Crippen molar-refractivity contribution in [2.75, 3.05) is 6.54 Å². The minimum atomic E-state index is -7.21. The SMILES string of the molecule is O=C(NCCCCCC(O)(POOO)POOO)C(F)(OC(F)(F)C(F)(OC(F)F)C(F)(F)F)C(F)(F)F. The molecular weight excluding hydrogens is 620 g/mol. The Bertz CT molecular complexity index is 728. The number of ether oxygens (including phenoxy) is 2. The average molecular weight is 637 g/mol. The maximum atomic E-state index is 14.3. The number of halogens is 12. The second-order valence-electron chi connectivity index (χ2n) is 6.63. The number of alkyl halides is 12. The van der Waals surface area contributed by atoms with E-state index in [-0.39, 0.29) is 19.3 Å². The second-order valence-corrected chi connectivity index (χ2v) is 9.53. The molecule has 4 atom stereocenters. The van der Waals surface area contributed by atoms with Crippen LogP contribution in [0.5, 0.6) is 0 Å². The van der Waals surface area contributed by atoms with Crippen molar-refractivity contribution in [3.8, 4) is 0 Å². The van der Waals surface area contributed by atoms with Gasteiger partial charge >= 0.3 is 36.8 Å². The molecule has 0 aliphatic rings. The van der Waals surface area contributed by atoms with E-state index in [0.717, 1.165) is 5.32 Å². The maximum Gasteiger partial charge on any atom is 0.458 e. The molecule has 1 amide bonds. The summed E-state index contributed by atoms with van der Waals surface area (Å²) in [6, 6.07) is 0. The fourth-order valence-electron chi connectivity index (χ4n) is 2.19. The summed E-state index contributed by atoms with van der Waals surface area (Å²) in [5.41, 5.74) is 0. The molecule has 0 saturated carbocycles. The summed E-state index contributed by atoms with van der Waals surface area (Å²) in [6.45, 7) is -6.01. The zero-order chi connectivity index (χ0) is 30.1. The zero-order valence-electron chi connectivity index (χ0n) is 17.8. The Kier molecular flexibility index (Phi) is 14.3. The van der Waals surface area contributed by atoms with Crippen molar-refractivity contribution in [3.05, 3.63) is 0 Å². The summed E-state index contributed by atoms with van der Waals surface area (Å²) in [7, 11) is -2.11. The van der Waals surface area contributed by atoms with Gasteiger partial charge in [0.05, 0.1) is 17.6 Å². The third-order valence-electron chi connectivity index (χ3n) is 3.91. The lowest BCUT2D eigenvalue weighted by Gasteiger charge is -2.37. The molecule has 0 aliphatic carbocycles. The number of unbranched alkanes of at least 4 members (excludes halogenated alkanes) is 2. The molecule has 11 nitrogen and oxygen atoms in total. The zero-order valence-corrected chi connectivity index (χ0v) is 19.8. The van der Waals surface area contributed by atoms with Gasteiger partial charge in [-0.1, -0.05) is 16.5 Å². The molecular formula is C13H17F12NO10P2. The van der Waals surface area contributed by atoms with Crippen LogP contribution in [-0.4, -0.2) is 69.9 Å². The minimum Gasteiger partial charge on any atom is -0.376 e. The van der Waals surface area contributed by atoms with E-state index >= 15 is 0 Å². The van der Waals surface area contributed by atoms with Gasteiger partial charge in [-0.3, -0.25) is 14.3 Å². The van der Waals surface area contributed by atoms with Crippen LogP contribution in [0.3, 0.4) is 0 Å². The predicted molar refractivity (Wildman–Crippen MR) is 95.6 cm³/mol. The van der Waals surface area contributed by atoms with Crippen molar-refractivity contribution in [3.63, 3.8) is 0 Å². The Morgan fingerprint density at radius 3 is 1.71 bits per heavy atom. The quantitative estimate of drug-likeness (QED) is 0.0552. The Morgan fingerprint density at radius 1 is 0.816 bits per heavy atom. The first-order chi connectivity index (χ1) is 17.1. The monoisotopic (exact) mass is 637 g/mol. The lowest BCUT2D eigenvalue weighted by atomic mass is 10.2. The van der Waals surface area contributed by atoms with Gasteiger partial charge in [-0.15, -0.1) is 0 Å². The van der Waals surface area contributed by atoms with E-state index in [0.29, 0.717) is 0 Å². The lowest BCUT2D eigenvalue weighted by molar-refractivity contribution is -0.510. The summed E-state index contributed by atoms with van der Waals surface area (Å²) in [5.74, 6) is -16.6. The molecule has 0 aromatic rings. The van der Waals surface area contributed by atoms with E-state index in [9.17, 15) is 62.6 Å². The van der Waals surface area contributed by atoms with E-state index in [1.165, 1.54) is 0 Å². The van der Waals surface area contributed by atoms with E-state index in [4.69, 9.17) is 10.5 Å². The summed E-state index contributed by atoms with van der Waals surface area (Å²) in [6.07, 6.45) is -22.3. The van der Waals surface area contributed by atoms with E-state index < -0.39 is 78.4 Å². The van der Waals surface area contributed by atoms with Crippen molar-refractivity contribution in [2.24, 2.45) is 0 Å². The number of nitrogens with one attached hydrogen (secondary N) is 1. The minimum absolute atomic E-state index is 0.120. The van der Waals surface area contributed by atoms with Crippen LogP contribution in [0, 0.1) is 0 Å². The largest absolute Gasteiger partial charge is 0.458 e. The number of hydrogen-bond acceptors (Lipinski definition) is 10. The van der Waals surface area contributed by atoms with Crippen LogP contribution in [0.2, 0.25) is 0 Å². The van der Waals surface area contributed by atoms with Crippen molar-refractivity contribution in [1.82, 2.24) is 5.32 Å². The van der Waals surface area contributed by atoms with E-state index in [1.54, 1.807) is 0 Å². The molecule has 0 rings (SSSR count). The molecule has 4 unspecified atom stereocenters. The summed E-state index contributed by atoms with van der Waals surface area (Å²) >= 11 is 0. The second kappa shape index (κ2) is 14.7. The van der Waals surface area contributed by atoms with Gasteiger partial charge in [0.2, 0.25) is 0 Å². The molecule has 0 aromatic carbocycles. The first kappa shape index (κ1) is 37.1. The Morgan fingerprint density at radius 2 is 1.32 bits per heavy atom. The summed E-state index contributed by atoms with van der Waals surface area (Å²) in [5, 5.41) is 31.9. The van der Waals surface area contributed by atoms with E-state index in [2.05, 4.69) is 28.9 Å². The van der Waals surface area contributed by atoms with Crippen LogP contribution < -0.4 is 5.32 Å². The molecule has 38 heavy (non-hydrogen) atoms. The highest BCUT2D eigenvalue weighted by molar-refractivity contribution is 7.53. The van der Waals surface area contributed by atoms with Crippen molar-refractivity contribution >= 4 is 23.5 Å². The van der Waals surface area contributed by atoms with Gasteiger partial charge in [0, 0.05) is 6.54 Å². The van der Waals surface area contributed by atoms with Gasteiger partial charge in [-0.25, -0.2) is 10.5 Å². The van der Waals surface area contributed by atoms with Gasteiger partial charge in [0.25, 0.3) is 5.91 Å². The predicted octanol–water partition coefficient (Wildman–Crippen LogP) is 4.64. The molecule has 0 spiro atoms. The number of aliphatic hydroxyl groups is 1. The molecule has 0 fully saturated rings. The Balaban J connectivity index is 5.36. The topological polar surface area (TPSA) is 145 Å². The van der Waals surface area contributed by atoms with Crippen molar-refractivity contribution < 1.29 is 102 Å². The Hall–Kier alpha value is -0.870. The normalized spacial score (nSPS) is 18.7. The molecule has 4 N–H and O–H groups in total. The van der Waals surface area contributed by atoms with Crippen LogP contribution in [0.25, 0.3) is 0 Å². The van der Waals surface area contributed by atoms with Crippen LogP contribution >= 0.6 is 17.6 Å². The molecule has 0 saturated heterocycles. The summed E-state index contributed by atoms with van der Waals surface area (Å²) < 4.78 is 169. The average Bonchev–Trinajstić information content (AvgIpc) is 2.76. The number of hydrogen-bond donors (Lipinski definition) is 4. The van der Waals surface area contributed by atoms with Crippen molar-refractivity contribution in [1.29, 1.82) is 0 Å².